The molecule has 0 saturated carbocycles. The Morgan fingerprint density at radius 3 is 2.31 bits per heavy atom. The molecule has 0 fully saturated rings. The number of nitrogens with one attached hydrogen (secondary N) is 1. The molecule has 2 rings (SSSR count). The Kier molecular flexibility index (Phi) is 7.09. The molecule has 0 aliphatic rings. The summed E-state index contributed by atoms with van der Waals surface area (Å²) in [7, 11) is -1.32. The predicted octanol–water partition coefficient (Wildman–Crippen LogP) is 2.89. The van der Waals surface area contributed by atoms with E-state index in [9.17, 15) is 13.8 Å². The molecular weight excluding hydrogens is 350 g/mol. The minimum Gasteiger partial charge on any atom is -0.449 e. The average molecular weight is 373 g/mol. The third-order valence-corrected chi connectivity index (χ3v) is 5.00. The van der Waals surface area contributed by atoms with Gasteiger partial charge in [-0.1, -0.05) is 49.4 Å². The van der Waals surface area contributed by atoms with Crippen LogP contribution in [-0.4, -0.2) is 35.0 Å². The standard InChI is InChI=1S/C20H23NO4S/c1-14(16-9-5-4-6-10-16)13-21-19(22)15(2)25-20(23)17-11-7-8-12-18(17)26(3)24/h4-12,14-15H,13H2,1-3H3,(H,21,22)/t14-,15-,26-/m1/s1. The molecule has 2 aromatic rings. The summed E-state index contributed by atoms with van der Waals surface area (Å²) in [5.74, 6) is -0.878. The van der Waals surface area contributed by atoms with Gasteiger partial charge in [0.1, 0.15) is 0 Å². The molecule has 6 heteroatoms. The zero-order valence-corrected chi connectivity index (χ0v) is 15.9. The third-order valence-electron chi connectivity index (χ3n) is 4.02. The van der Waals surface area contributed by atoms with E-state index in [2.05, 4.69) is 5.32 Å². The van der Waals surface area contributed by atoms with Crippen molar-refractivity contribution in [2.24, 2.45) is 0 Å². The highest BCUT2D eigenvalue weighted by Crippen LogP contribution is 2.15. The summed E-state index contributed by atoms with van der Waals surface area (Å²) < 4.78 is 17.0. The van der Waals surface area contributed by atoms with Gasteiger partial charge in [0.25, 0.3) is 5.91 Å². The maximum absolute atomic E-state index is 12.3. The van der Waals surface area contributed by atoms with Crippen LogP contribution in [0.15, 0.2) is 59.5 Å². The van der Waals surface area contributed by atoms with Crippen LogP contribution in [0.25, 0.3) is 0 Å². The monoisotopic (exact) mass is 373 g/mol. The molecule has 138 valence electrons. The topological polar surface area (TPSA) is 72.5 Å². The van der Waals surface area contributed by atoms with Gasteiger partial charge in [-0.3, -0.25) is 9.00 Å². The van der Waals surface area contributed by atoms with Crippen LogP contribution in [0.5, 0.6) is 0 Å². The zero-order valence-electron chi connectivity index (χ0n) is 15.1. The summed E-state index contributed by atoms with van der Waals surface area (Å²) in [4.78, 5) is 24.9. The number of esters is 1. The lowest BCUT2D eigenvalue weighted by molar-refractivity contribution is -0.129. The highest BCUT2D eigenvalue weighted by Gasteiger charge is 2.22. The fourth-order valence-corrected chi connectivity index (χ4v) is 3.19. The van der Waals surface area contributed by atoms with Gasteiger partial charge in [0.05, 0.1) is 21.3 Å². The lowest BCUT2D eigenvalue weighted by atomic mass is 10.0. The van der Waals surface area contributed by atoms with Crippen molar-refractivity contribution < 1.29 is 18.5 Å². The van der Waals surface area contributed by atoms with Gasteiger partial charge >= 0.3 is 5.97 Å². The van der Waals surface area contributed by atoms with E-state index in [0.29, 0.717) is 11.4 Å². The third kappa shape index (κ3) is 5.26. The summed E-state index contributed by atoms with van der Waals surface area (Å²) in [6.45, 7) is 3.98. The number of benzene rings is 2. The van der Waals surface area contributed by atoms with Crippen LogP contribution < -0.4 is 5.32 Å². The molecule has 0 radical (unpaired) electrons. The number of hydrogen-bond acceptors (Lipinski definition) is 4. The molecule has 0 bridgehead atoms. The lowest BCUT2D eigenvalue weighted by Gasteiger charge is -2.17. The maximum Gasteiger partial charge on any atom is 0.340 e. The molecule has 1 amide bonds. The second kappa shape index (κ2) is 9.29. The summed E-state index contributed by atoms with van der Waals surface area (Å²) in [6.07, 6.45) is 0.552. The van der Waals surface area contributed by atoms with Gasteiger partial charge in [0.15, 0.2) is 6.10 Å². The van der Waals surface area contributed by atoms with Crippen LogP contribution in [-0.2, 0) is 20.3 Å². The molecule has 3 atom stereocenters. The number of carbonyl (C=O) groups is 2. The lowest BCUT2D eigenvalue weighted by Crippen LogP contribution is -2.37. The van der Waals surface area contributed by atoms with Crippen molar-refractivity contribution in [2.45, 2.75) is 30.8 Å². The maximum atomic E-state index is 12.3. The highest BCUT2D eigenvalue weighted by atomic mass is 32.2. The van der Waals surface area contributed by atoms with E-state index >= 15 is 0 Å². The molecule has 0 spiro atoms. The Hall–Kier alpha value is -2.47. The van der Waals surface area contributed by atoms with E-state index in [1.165, 1.54) is 13.2 Å². The number of amides is 1. The minimum absolute atomic E-state index is 0.145. The molecule has 5 nitrogen and oxygen atoms in total. The first-order valence-electron chi connectivity index (χ1n) is 8.36. The molecule has 1 N–H and O–H groups in total. The molecule has 2 aromatic carbocycles. The normalized spacial score (nSPS) is 14.1. The summed E-state index contributed by atoms with van der Waals surface area (Å²) >= 11 is 0. The number of hydrogen-bond donors (Lipinski definition) is 1. The second-order valence-electron chi connectivity index (χ2n) is 6.05. The first kappa shape index (κ1) is 19.8. The molecule has 0 unspecified atom stereocenters. The second-order valence-corrected chi connectivity index (χ2v) is 7.40. The molecular formula is C20H23NO4S. The Morgan fingerprint density at radius 2 is 1.65 bits per heavy atom. The number of rotatable bonds is 7. The quantitative estimate of drug-likeness (QED) is 0.758. The Labute approximate surface area is 156 Å². The van der Waals surface area contributed by atoms with Crippen molar-refractivity contribution in [3.8, 4) is 0 Å². The van der Waals surface area contributed by atoms with E-state index in [1.807, 2.05) is 37.3 Å². The molecule has 26 heavy (non-hydrogen) atoms. The largest absolute Gasteiger partial charge is 0.449 e. The fraction of sp³-hybridized carbons (Fsp3) is 0.300. The van der Waals surface area contributed by atoms with Crippen LogP contribution in [0.3, 0.4) is 0 Å². The Bertz CT molecular complexity index is 791. The predicted molar refractivity (Wildman–Crippen MR) is 102 cm³/mol. The molecule has 0 saturated heterocycles. The van der Waals surface area contributed by atoms with Crippen LogP contribution in [0.1, 0.15) is 35.7 Å². The van der Waals surface area contributed by atoms with Gasteiger partial charge in [-0.25, -0.2) is 4.79 Å². The van der Waals surface area contributed by atoms with Crippen molar-refractivity contribution >= 4 is 22.7 Å². The van der Waals surface area contributed by atoms with Crippen molar-refractivity contribution in [1.29, 1.82) is 0 Å². The molecule has 0 aliphatic carbocycles. The van der Waals surface area contributed by atoms with Crippen LogP contribution in [0.2, 0.25) is 0 Å². The van der Waals surface area contributed by atoms with Crippen LogP contribution >= 0.6 is 0 Å². The van der Waals surface area contributed by atoms with Crippen molar-refractivity contribution in [2.75, 3.05) is 12.8 Å². The summed E-state index contributed by atoms with van der Waals surface area (Å²) in [5, 5.41) is 2.80. The van der Waals surface area contributed by atoms with Gasteiger partial charge in [-0.2, -0.15) is 0 Å². The van der Waals surface area contributed by atoms with E-state index in [1.54, 1.807) is 24.3 Å². The highest BCUT2D eigenvalue weighted by molar-refractivity contribution is 7.84. The molecule has 0 heterocycles. The van der Waals surface area contributed by atoms with Crippen LogP contribution in [0, 0.1) is 0 Å². The first-order valence-corrected chi connectivity index (χ1v) is 9.92. The van der Waals surface area contributed by atoms with Crippen molar-refractivity contribution in [3.63, 3.8) is 0 Å². The average Bonchev–Trinajstić information content (AvgIpc) is 2.66. The van der Waals surface area contributed by atoms with E-state index < -0.39 is 22.9 Å². The van der Waals surface area contributed by atoms with Gasteiger partial charge in [0.2, 0.25) is 0 Å². The van der Waals surface area contributed by atoms with Gasteiger partial charge in [-0.05, 0) is 30.5 Å². The summed E-state index contributed by atoms with van der Waals surface area (Å²) in [6, 6.07) is 16.4. The van der Waals surface area contributed by atoms with E-state index in [0.717, 1.165) is 5.56 Å². The number of ether oxygens (including phenoxy) is 1. The molecule has 0 aromatic heterocycles. The smallest absolute Gasteiger partial charge is 0.340 e. The SMILES string of the molecule is C[C@H](CNC(=O)[C@@H](C)OC(=O)c1ccccc1[S@@](C)=O)c1ccccc1. The summed E-state index contributed by atoms with van der Waals surface area (Å²) in [5.41, 5.74) is 1.34. The zero-order chi connectivity index (χ0) is 19.1. The fourth-order valence-electron chi connectivity index (χ4n) is 2.46. The van der Waals surface area contributed by atoms with Crippen molar-refractivity contribution in [1.82, 2.24) is 5.32 Å². The van der Waals surface area contributed by atoms with Gasteiger partial charge < -0.3 is 10.1 Å². The Balaban J connectivity index is 1.93. The first-order chi connectivity index (χ1) is 12.4. The van der Waals surface area contributed by atoms with Crippen molar-refractivity contribution in [3.05, 3.63) is 65.7 Å². The van der Waals surface area contributed by atoms with Gasteiger partial charge in [-0.15, -0.1) is 0 Å². The number of carbonyl (C=O) groups excluding carboxylic acids is 2. The minimum atomic E-state index is -1.32. The molecule has 0 aliphatic heterocycles. The van der Waals surface area contributed by atoms with Gasteiger partial charge in [0, 0.05) is 12.8 Å². The van der Waals surface area contributed by atoms with E-state index in [-0.39, 0.29) is 17.4 Å². The van der Waals surface area contributed by atoms with E-state index in [4.69, 9.17) is 4.74 Å². The van der Waals surface area contributed by atoms with Crippen LogP contribution in [0.4, 0.5) is 0 Å². The Morgan fingerprint density at radius 1 is 1.04 bits per heavy atom.